The Hall–Kier alpha value is -2.19. The number of carbonyl (C=O) groups is 1. The van der Waals surface area contributed by atoms with Crippen LogP contribution in [0.1, 0.15) is 24.0 Å². The molecule has 1 amide bonds. The van der Waals surface area contributed by atoms with Gasteiger partial charge in [0.1, 0.15) is 0 Å². The number of sulfonamides is 1. The number of anilines is 1. The molecule has 1 aromatic heterocycles. The normalized spacial score (nSPS) is 18.9. The van der Waals surface area contributed by atoms with Gasteiger partial charge in [-0.25, -0.2) is 13.4 Å². The summed E-state index contributed by atoms with van der Waals surface area (Å²) in [6.07, 6.45) is 3.95. The van der Waals surface area contributed by atoms with Crippen molar-refractivity contribution in [3.63, 3.8) is 0 Å². The molecule has 1 fully saturated rings. The largest absolute Gasteiger partial charge is 0.335 e. The van der Waals surface area contributed by atoms with E-state index in [9.17, 15) is 13.2 Å². The number of hydrogen-bond acceptors (Lipinski definition) is 4. The van der Waals surface area contributed by atoms with Gasteiger partial charge in [0.15, 0.2) is 5.03 Å². The van der Waals surface area contributed by atoms with Gasteiger partial charge in [-0.05, 0) is 43.9 Å². The molecule has 7 nitrogen and oxygen atoms in total. The Labute approximate surface area is 147 Å². The van der Waals surface area contributed by atoms with Crippen LogP contribution in [0.3, 0.4) is 0 Å². The Morgan fingerprint density at radius 2 is 2.16 bits per heavy atom. The fourth-order valence-corrected chi connectivity index (χ4v) is 4.42. The predicted octanol–water partition coefficient (Wildman–Crippen LogP) is 2.07. The van der Waals surface area contributed by atoms with Crippen LogP contribution in [0.25, 0.3) is 0 Å². The summed E-state index contributed by atoms with van der Waals surface area (Å²) < 4.78 is 26.6. The number of aromatic nitrogens is 2. The van der Waals surface area contributed by atoms with E-state index in [2.05, 4.69) is 15.3 Å². The molecule has 1 atom stereocenters. The molecule has 0 bridgehead atoms. The number of imidazole rings is 1. The smallest absolute Gasteiger partial charge is 0.260 e. The zero-order valence-electron chi connectivity index (χ0n) is 14.3. The molecule has 1 aliphatic rings. The van der Waals surface area contributed by atoms with Gasteiger partial charge in [0.2, 0.25) is 5.91 Å². The van der Waals surface area contributed by atoms with Crippen molar-refractivity contribution in [2.75, 3.05) is 18.4 Å². The summed E-state index contributed by atoms with van der Waals surface area (Å²) in [5, 5.41) is 3.01. The van der Waals surface area contributed by atoms with Crippen molar-refractivity contribution < 1.29 is 13.2 Å². The standard InChI is InChI=1S/C17H22N4O3S/c1-12-5-6-13(2)15(8-12)20-17(22)14-4-3-7-21(10-14)25(23,24)16-9-18-11-19-16/h5-6,8-9,11,14H,3-4,7,10H2,1-2H3,(H,18,19)(H,20,22)/t14-/m0/s1. The minimum atomic E-state index is -3.64. The number of amides is 1. The fourth-order valence-electron chi connectivity index (χ4n) is 3.00. The number of aromatic amines is 1. The molecule has 0 spiro atoms. The quantitative estimate of drug-likeness (QED) is 0.870. The Morgan fingerprint density at radius 3 is 2.88 bits per heavy atom. The molecule has 0 unspecified atom stereocenters. The molecule has 1 saturated heterocycles. The van der Waals surface area contributed by atoms with Crippen LogP contribution in [0.4, 0.5) is 5.69 Å². The first-order valence-electron chi connectivity index (χ1n) is 8.24. The first-order chi connectivity index (χ1) is 11.9. The molecule has 0 aliphatic carbocycles. The maximum absolute atomic E-state index is 12.6. The Kier molecular flexibility index (Phi) is 4.91. The minimum absolute atomic E-state index is 0.0584. The molecule has 0 saturated carbocycles. The fraction of sp³-hybridized carbons (Fsp3) is 0.412. The van der Waals surface area contributed by atoms with E-state index < -0.39 is 10.0 Å². The van der Waals surface area contributed by atoms with E-state index in [1.165, 1.54) is 16.8 Å². The van der Waals surface area contributed by atoms with Gasteiger partial charge >= 0.3 is 0 Å². The van der Waals surface area contributed by atoms with Crippen LogP contribution in [0.5, 0.6) is 0 Å². The van der Waals surface area contributed by atoms with E-state index in [-0.39, 0.29) is 23.4 Å². The Bertz CT molecular complexity index is 862. The number of rotatable bonds is 4. The van der Waals surface area contributed by atoms with Crippen LogP contribution in [-0.4, -0.2) is 41.7 Å². The lowest BCUT2D eigenvalue weighted by atomic mass is 9.98. The minimum Gasteiger partial charge on any atom is -0.335 e. The molecular formula is C17H22N4O3S. The highest BCUT2D eigenvalue weighted by Crippen LogP contribution is 2.24. The average molecular weight is 362 g/mol. The van der Waals surface area contributed by atoms with Crippen LogP contribution in [0.2, 0.25) is 0 Å². The SMILES string of the molecule is Cc1ccc(C)c(NC(=O)[C@H]2CCCN(S(=O)(=O)c3cnc[nH]3)C2)c1. The van der Waals surface area contributed by atoms with Crippen molar-refractivity contribution >= 4 is 21.6 Å². The molecule has 2 N–H and O–H groups in total. The van der Waals surface area contributed by atoms with Crippen molar-refractivity contribution in [3.8, 4) is 0 Å². The van der Waals surface area contributed by atoms with Crippen LogP contribution >= 0.6 is 0 Å². The molecule has 134 valence electrons. The van der Waals surface area contributed by atoms with Crippen molar-refractivity contribution in [2.45, 2.75) is 31.7 Å². The Balaban J connectivity index is 1.73. The molecular weight excluding hydrogens is 340 g/mol. The van der Waals surface area contributed by atoms with Crippen LogP contribution in [0.15, 0.2) is 35.7 Å². The lowest BCUT2D eigenvalue weighted by molar-refractivity contribution is -0.120. The monoisotopic (exact) mass is 362 g/mol. The van der Waals surface area contributed by atoms with E-state index in [0.29, 0.717) is 19.4 Å². The summed E-state index contributed by atoms with van der Waals surface area (Å²) in [6.45, 7) is 4.49. The van der Waals surface area contributed by atoms with Gasteiger partial charge in [-0.15, -0.1) is 0 Å². The van der Waals surface area contributed by atoms with Crippen LogP contribution < -0.4 is 5.32 Å². The topological polar surface area (TPSA) is 95.2 Å². The highest BCUT2D eigenvalue weighted by Gasteiger charge is 2.34. The number of carbonyl (C=O) groups excluding carboxylic acids is 1. The third-order valence-electron chi connectivity index (χ3n) is 4.50. The summed E-state index contributed by atoms with van der Waals surface area (Å²) in [7, 11) is -3.64. The maximum Gasteiger partial charge on any atom is 0.260 e. The first-order valence-corrected chi connectivity index (χ1v) is 9.68. The summed E-state index contributed by atoms with van der Waals surface area (Å²) in [6, 6.07) is 5.88. The number of aryl methyl sites for hydroxylation is 2. The van der Waals surface area contributed by atoms with Crippen LogP contribution in [0, 0.1) is 19.8 Å². The number of H-pyrrole nitrogens is 1. The highest BCUT2D eigenvalue weighted by atomic mass is 32.2. The molecule has 2 aromatic rings. The number of benzene rings is 1. The Morgan fingerprint density at radius 1 is 1.36 bits per heavy atom. The predicted molar refractivity (Wildman–Crippen MR) is 94.6 cm³/mol. The molecule has 25 heavy (non-hydrogen) atoms. The zero-order valence-corrected chi connectivity index (χ0v) is 15.1. The van der Waals surface area contributed by atoms with E-state index in [4.69, 9.17) is 0 Å². The van der Waals surface area contributed by atoms with E-state index >= 15 is 0 Å². The summed E-state index contributed by atoms with van der Waals surface area (Å²) in [5.41, 5.74) is 2.82. The van der Waals surface area contributed by atoms with E-state index in [1.807, 2.05) is 32.0 Å². The lowest BCUT2D eigenvalue weighted by Gasteiger charge is -2.30. The number of hydrogen-bond donors (Lipinski definition) is 2. The summed E-state index contributed by atoms with van der Waals surface area (Å²) >= 11 is 0. The van der Waals surface area contributed by atoms with Gasteiger partial charge in [0.05, 0.1) is 18.4 Å². The van der Waals surface area contributed by atoms with Crippen molar-refractivity contribution in [1.29, 1.82) is 0 Å². The van der Waals surface area contributed by atoms with Gasteiger partial charge < -0.3 is 10.3 Å². The third kappa shape index (κ3) is 3.74. The third-order valence-corrected chi connectivity index (χ3v) is 6.29. The van der Waals surface area contributed by atoms with Crippen molar-refractivity contribution in [3.05, 3.63) is 41.9 Å². The second-order valence-corrected chi connectivity index (χ2v) is 8.33. The number of nitrogens with zero attached hydrogens (tertiary/aromatic N) is 2. The molecule has 1 aromatic carbocycles. The van der Waals surface area contributed by atoms with Crippen molar-refractivity contribution in [2.24, 2.45) is 5.92 Å². The summed E-state index contributed by atoms with van der Waals surface area (Å²) in [4.78, 5) is 19.0. The molecule has 8 heteroatoms. The number of nitrogens with one attached hydrogen (secondary N) is 2. The van der Waals surface area contributed by atoms with E-state index in [1.54, 1.807) is 0 Å². The number of piperidine rings is 1. The molecule has 0 radical (unpaired) electrons. The van der Waals surface area contributed by atoms with E-state index in [0.717, 1.165) is 16.8 Å². The molecule has 1 aliphatic heterocycles. The highest BCUT2D eigenvalue weighted by molar-refractivity contribution is 7.89. The van der Waals surface area contributed by atoms with Gasteiger partial charge in [0, 0.05) is 18.8 Å². The molecule has 2 heterocycles. The van der Waals surface area contributed by atoms with Gasteiger partial charge in [-0.3, -0.25) is 4.79 Å². The second-order valence-electron chi connectivity index (χ2n) is 6.43. The van der Waals surface area contributed by atoms with Crippen LogP contribution in [-0.2, 0) is 14.8 Å². The first kappa shape index (κ1) is 17.6. The second kappa shape index (κ2) is 6.97. The van der Waals surface area contributed by atoms with Crippen molar-refractivity contribution in [1.82, 2.24) is 14.3 Å². The lowest BCUT2D eigenvalue weighted by Crippen LogP contribution is -2.43. The van der Waals surface area contributed by atoms with Gasteiger partial charge in [-0.2, -0.15) is 4.31 Å². The molecule has 3 rings (SSSR count). The average Bonchev–Trinajstić information content (AvgIpc) is 3.13. The maximum atomic E-state index is 12.6. The summed E-state index contributed by atoms with van der Waals surface area (Å²) in [5.74, 6) is -0.510. The van der Waals surface area contributed by atoms with Gasteiger partial charge in [-0.1, -0.05) is 12.1 Å². The van der Waals surface area contributed by atoms with Gasteiger partial charge in [0.25, 0.3) is 10.0 Å². The zero-order chi connectivity index (χ0) is 18.0.